The number of hydrogen-bond donors (Lipinski definition) is 2. The van der Waals surface area contributed by atoms with Crippen molar-refractivity contribution < 1.29 is 22.7 Å². The van der Waals surface area contributed by atoms with Crippen LogP contribution in [0.5, 0.6) is 5.75 Å². The molecule has 1 saturated heterocycles. The number of aromatic hydroxyl groups is 1. The van der Waals surface area contributed by atoms with Crippen molar-refractivity contribution >= 4 is 11.6 Å². The lowest BCUT2D eigenvalue weighted by Gasteiger charge is -2.36. The maximum Gasteiger partial charge on any atom is 0.408 e. The molecule has 1 aromatic carbocycles. The minimum atomic E-state index is -4.63. The van der Waals surface area contributed by atoms with E-state index in [2.05, 4.69) is 5.32 Å². The van der Waals surface area contributed by atoms with Crippen LogP contribution in [0.25, 0.3) is 0 Å². The molecule has 1 fully saturated rings. The van der Waals surface area contributed by atoms with Gasteiger partial charge in [0.2, 0.25) is 0 Å². The molecule has 1 aliphatic rings. The summed E-state index contributed by atoms with van der Waals surface area (Å²) in [7, 11) is 0. The predicted octanol–water partition coefficient (Wildman–Crippen LogP) is 2.69. The summed E-state index contributed by atoms with van der Waals surface area (Å²) in [5.41, 5.74) is -0.551. The second kappa shape index (κ2) is 5.75. The van der Waals surface area contributed by atoms with Crippen LogP contribution in [0.3, 0.4) is 0 Å². The van der Waals surface area contributed by atoms with Gasteiger partial charge in [0.1, 0.15) is 6.04 Å². The largest absolute Gasteiger partial charge is 0.505 e. The fraction of sp³-hybridized carbons (Fsp3) is 0.500. The zero-order valence-corrected chi connectivity index (χ0v) is 11.1. The zero-order valence-electron chi connectivity index (χ0n) is 10.3. The molecule has 0 aromatic heterocycles. The molecule has 1 heterocycles. The molecule has 0 unspecified atom stereocenters. The highest BCUT2D eigenvalue weighted by molar-refractivity contribution is 6.30. The smallest absolute Gasteiger partial charge is 0.408 e. The third-order valence-electron chi connectivity index (χ3n) is 3.18. The molecule has 0 amide bonds. The van der Waals surface area contributed by atoms with E-state index in [9.17, 15) is 22.7 Å². The number of nitrogens with one attached hydrogen (secondary N) is 1. The second-order valence-corrected chi connectivity index (χ2v) is 4.99. The van der Waals surface area contributed by atoms with Crippen molar-refractivity contribution in [1.29, 1.82) is 0 Å². The molecule has 1 atom stereocenters. The zero-order chi connectivity index (χ0) is 14.9. The molecule has 20 heavy (non-hydrogen) atoms. The highest BCUT2D eigenvalue weighted by Gasteiger charge is 2.46. The lowest BCUT2D eigenvalue weighted by Crippen LogP contribution is -2.49. The topological polar surface area (TPSA) is 35.5 Å². The van der Waals surface area contributed by atoms with Crippen molar-refractivity contribution in [2.75, 3.05) is 26.2 Å². The Hall–Kier alpha value is -1.05. The Morgan fingerprint density at radius 2 is 1.85 bits per heavy atom. The third-order valence-corrected chi connectivity index (χ3v) is 3.40. The van der Waals surface area contributed by atoms with Crippen LogP contribution in [0.2, 0.25) is 5.02 Å². The first-order valence-electron chi connectivity index (χ1n) is 6.00. The van der Waals surface area contributed by atoms with Gasteiger partial charge in [-0.05, 0) is 12.1 Å². The van der Waals surface area contributed by atoms with E-state index < -0.39 is 29.3 Å². The van der Waals surface area contributed by atoms with Crippen molar-refractivity contribution in [2.45, 2.75) is 12.2 Å². The van der Waals surface area contributed by atoms with Crippen molar-refractivity contribution in [3.63, 3.8) is 0 Å². The molecule has 0 aliphatic carbocycles. The number of hydrogen-bond acceptors (Lipinski definition) is 3. The Morgan fingerprint density at radius 3 is 2.40 bits per heavy atom. The van der Waals surface area contributed by atoms with Crippen LogP contribution in [-0.2, 0) is 0 Å². The van der Waals surface area contributed by atoms with Crippen LogP contribution in [0, 0.1) is 5.82 Å². The van der Waals surface area contributed by atoms with Gasteiger partial charge < -0.3 is 10.4 Å². The fourth-order valence-electron chi connectivity index (χ4n) is 2.31. The quantitative estimate of drug-likeness (QED) is 0.824. The van der Waals surface area contributed by atoms with Crippen LogP contribution in [-0.4, -0.2) is 42.4 Å². The lowest BCUT2D eigenvalue weighted by molar-refractivity contribution is -0.188. The average Bonchev–Trinajstić information content (AvgIpc) is 2.35. The van der Waals surface area contributed by atoms with Gasteiger partial charge >= 0.3 is 6.18 Å². The van der Waals surface area contributed by atoms with E-state index >= 15 is 0 Å². The number of phenols is 1. The predicted molar refractivity (Wildman–Crippen MR) is 66.3 cm³/mol. The molecule has 1 aromatic rings. The van der Waals surface area contributed by atoms with E-state index in [1.165, 1.54) is 0 Å². The first kappa shape index (κ1) is 15.3. The summed E-state index contributed by atoms with van der Waals surface area (Å²) in [6, 6.07) is -0.330. The van der Waals surface area contributed by atoms with Crippen molar-refractivity contribution in [1.82, 2.24) is 10.2 Å². The van der Waals surface area contributed by atoms with Crippen LogP contribution in [0.1, 0.15) is 11.6 Å². The maximum atomic E-state index is 13.4. The van der Waals surface area contributed by atoms with Crippen LogP contribution in [0.15, 0.2) is 12.1 Å². The van der Waals surface area contributed by atoms with Gasteiger partial charge in [0, 0.05) is 36.8 Å². The first-order chi connectivity index (χ1) is 9.30. The molecular formula is C12H13ClF4N2O. The summed E-state index contributed by atoms with van der Waals surface area (Å²) in [5, 5.41) is 12.4. The molecular weight excluding hydrogens is 300 g/mol. The van der Waals surface area contributed by atoms with Gasteiger partial charge in [-0.15, -0.1) is 0 Å². The van der Waals surface area contributed by atoms with Gasteiger partial charge in [-0.3, -0.25) is 4.90 Å². The molecule has 0 saturated carbocycles. The SMILES string of the molecule is Oc1c(F)cc(Cl)cc1[C@@H](N1CCNCC1)C(F)(F)F. The molecule has 3 nitrogen and oxygen atoms in total. The van der Waals surface area contributed by atoms with E-state index in [1.54, 1.807) is 0 Å². The van der Waals surface area contributed by atoms with E-state index in [-0.39, 0.29) is 18.1 Å². The minimum absolute atomic E-state index is 0.151. The number of rotatable bonds is 2. The molecule has 0 spiro atoms. The van der Waals surface area contributed by atoms with Gasteiger partial charge in [0.25, 0.3) is 0 Å². The van der Waals surface area contributed by atoms with Crippen molar-refractivity contribution in [2.24, 2.45) is 0 Å². The highest BCUT2D eigenvalue weighted by atomic mass is 35.5. The summed E-state index contributed by atoms with van der Waals surface area (Å²) >= 11 is 5.61. The summed E-state index contributed by atoms with van der Waals surface area (Å²) in [6.07, 6.45) is -4.63. The maximum absolute atomic E-state index is 13.4. The molecule has 0 radical (unpaired) electrons. The van der Waals surface area contributed by atoms with Crippen LogP contribution < -0.4 is 5.32 Å². The van der Waals surface area contributed by atoms with Crippen LogP contribution >= 0.6 is 11.6 Å². The molecule has 112 valence electrons. The van der Waals surface area contributed by atoms with Gasteiger partial charge in [-0.2, -0.15) is 13.2 Å². The van der Waals surface area contributed by atoms with E-state index in [1.807, 2.05) is 0 Å². The molecule has 1 aliphatic heterocycles. The number of nitrogens with zero attached hydrogens (tertiary/aromatic N) is 1. The Kier molecular flexibility index (Phi) is 4.41. The average molecular weight is 313 g/mol. The Labute approximate surface area is 118 Å². The van der Waals surface area contributed by atoms with E-state index in [0.717, 1.165) is 17.0 Å². The van der Waals surface area contributed by atoms with Crippen molar-refractivity contribution in [3.05, 3.63) is 28.5 Å². The first-order valence-corrected chi connectivity index (χ1v) is 6.38. The van der Waals surface area contributed by atoms with E-state index in [0.29, 0.717) is 13.1 Å². The van der Waals surface area contributed by atoms with E-state index in [4.69, 9.17) is 11.6 Å². The number of benzene rings is 1. The molecule has 2 rings (SSSR count). The van der Waals surface area contributed by atoms with Crippen molar-refractivity contribution in [3.8, 4) is 5.75 Å². The molecule has 2 N–H and O–H groups in total. The number of piperazine rings is 1. The highest BCUT2D eigenvalue weighted by Crippen LogP contribution is 2.43. The lowest BCUT2D eigenvalue weighted by atomic mass is 10.0. The van der Waals surface area contributed by atoms with Gasteiger partial charge in [0.15, 0.2) is 11.6 Å². The summed E-state index contributed by atoms with van der Waals surface area (Å²) in [4.78, 5) is 1.15. The number of phenolic OH excluding ortho intramolecular Hbond substituents is 1. The molecule has 8 heteroatoms. The summed E-state index contributed by atoms with van der Waals surface area (Å²) < 4.78 is 53.3. The van der Waals surface area contributed by atoms with Gasteiger partial charge in [-0.1, -0.05) is 11.6 Å². The van der Waals surface area contributed by atoms with Gasteiger partial charge in [-0.25, -0.2) is 4.39 Å². The summed E-state index contributed by atoms with van der Waals surface area (Å²) in [5.74, 6) is -2.16. The Balaban J connectivity index is 2.46. The third kappa shape index (κ3) is 3.16. The number of halogens is 5. The number of alkyl halides is 3. The normalized spacial score (nSPS) is 19.1. The monoisotopic (exact) mass is 312 g/mol. The van der Waals surface area contributed by atoms with Gasteiger partial charge in [0.05, 0.1) is 0 Å². The Morgan fingerprint density at radius 1 is 1.25 bits per heavy atom. The standard InChI is InChI=1S/C12H13ClF4N2O/c13-7-5-8(10(20)9(14)6-7)11(12(15,16)17)19-3-1-18-2-4-19/h5-6,11,18,20H,1-4H2/t11-/m1/s1. The Bertz CT molecular complexity index is 489. The second-order valence-electron chi connectivity index (χ2n) is 4.56. The van der Waals surface area contributed by atoms with Crippen LogP contribution in [0.4, 0.5) is 17.6 Å². The summed E-state index contributed by atoms with van der Waals surface area (Å²) in [6.45, 7) is 1.10. The molecule has 0 bridgehead atoms. The fourth-order valence-corrected chi connectivity index (χ4v) is 2.53. The minimum Gasteiger partial charge on any atom is -0.505 e.